The van der Waals surface area contributed by atoms with E-state index in [0.717, 1.165) is 23.2 Å². The highest BCUT2D eigenvalue weighted by Crippen LogP contribution is 2.21. The third-order valence-electron chi connectivity index (χ3n) is 1.93. The number of amidine groups is 1. The molecule has 1 N–H and O–H groups in total. The van der Waals surface area contributed by atoms with E-state index in [1.807, 2.05) is 25.1 Å². The lowest BCUT2D eigenvalue weighted by Crippen LogP contribution is -2.07. The number of nitrogens with zero attached hydrogens (tertiary/aromatic N) is 2. The number of nitrogens with one attached hydrogen (secondary N) is 1. The van der Waals surface area contributed by atoms with Gasteiger partial charge in [-0.15, -0.1) is 0 Å². The van der Waals surface area contributed by atoms with Crippen LogP contribution >= 0.6 is 11.8 Å². The smallest absolute Gasteiger partial charge is 0.162 e. The Morgan fingerprint density at radius 2 is 2.36 bits per heavy atom. The highest BCUT2D eigenvalue weighted by atomic mass is 32.2. The standard InChI is InChI=1S/C10H13N3S/c1-7-4-3-5-9(12-7)13-10-11-6-8(2)14-10/h3-5,8H,6H2,1-2H3,(H,11,12,13)/t8-/m1/s1. The minimum absolute atomic E-state index is 0.585. The molecule has 2 rings (SSSR count). The van der Waals surface area contributed by atoms with E-state index in [2.05, 4.69) is 22.2 Å². The summed E-state index contributed by atoms with van der Waals surface area (Å²) in [6.07, 6.45) is 0. The van der Waals surface area contributed by atoms with Crippen LogP contribution in [0.3, 0.4) is 0 Å². The molecular weight excluding hydrogens is 194 g/mol. The first kappa shape index (κ1) is 9.52. The zero-order chi connectivity index (χ0) is 9.97. The Morgan fingerprint density at radius 1 is 1.50 bits per heavy atom. The predicted octanol–water partition coefficient (Wildman–Crippen LogP) is 2.29. The minimum Gasteiger partial charge on any atom is -0.320 e. The molecule has 1 aliphatic heterocycles. The number of rotatable bonds is 1. The van der Waals surface area contributed by atoms with Gasteiger partial charge in [0, 0.05) is 10.9 Å². The molecule has 1 aromatic rings. The van der Waals surface area contributed by atoms with Crippen LogP contribution in [0.25, 0.3) is 0 Å². The van der Waals surface area contributed by atoms with Crippen molar-refractivity contribution in [3.63, 3.8) is 0 Å². The maximum Gasteiger partial charge on any atom is 0.162 e. The number of thioether (sulfide) groups is 1. The number of hydrogen-bond acceptors (Lipinski definition) is 4. The molecule has 74 valence electrons. The SMILES string of the molecule is Cc1cccc(NC2=NC[C@@H](C)S2)n1. The average molecular weight is 207 g/mol. The van der Waals surface area contributed by atoms with Crippen molar-refractivity contribution in [3.8, 4) is 0 Å². The zero-order valence-corrected chi connectivity index (χ0v) is 9.14. The zero-order valence-electron chi connectivity index (χ0n) is 8.32. The van der Waals surface area contributed by atoms with Gasteiger partial charge < -0.3 is 5.32 Å². The van der Waals surface area contributed by atoms with E-state index >= 15 is 0 Å². The summed E-state index contributed by atoms with van der Waals surface area (Å²) in [5.74, 6) is 0.880. The van der Waals surface area contributed by atoms with Crippen LogP contribution in [-0.4, -0.2) is 21.9 Å². The summed E-state index contributed by atoms with van der Waals surface area (Å²) in [4.78, 5) is 8.73. The molecule has 1 aliphatic rings. The van der Waals surface area contributed by atoms with Crippen LogP contribution in [0.2, 0.25) is 0 Å². The summed E-state index contributed by atoms with van der Waals surface area (Å²) in [5.41, 5.74) is 1.02. The quantitative estimate of drug-likeness (QED) is 0.767. The molecule has 1 atom stereocenters. The second kappa shape index (κ2) is 4.00. The van der Waals surface area contributed by atoms with Gasteiger partial charge in [0.2, 0.25) is 0 Å². The maximum atomic E-state index is 4.37. The summed E-state index contributed by atoms with van der Waals surface area (Å²) in [6, 6.07) is 5.94. The van der Waals surface area contributed by atoms with Crippen LogP contribution in [0.4, 0.5) is 5.82 Å². The molecule has 0 bridgehead atoms. The summed E-state index contributed by atoms with van der Waals surface area (Å²) in [7, 11) is 0. The van der Waals surface area contributed by atoms with Crippen molar-refractivity contribution in [1.82, 2.24) is 4.98 Å². The van der Waals surface area contributed by atoms with E-state index in [9.17, 15) is 0 Å². The number of hydrogen-bond donors (Lipinski definition) is 1. The van der Waals surface area contributed by atoms with Gasteiger partial charge in [0.05, 0.1) is 6.54 Å². The Bertz CT molecular complexity index is 362. The molecule has 0 saturated carbocycles. The fourth-order valence-corrected chi connectivity index (χ4v) is 2.11. The molecule has 4 heteroatoms. The Morgan fingerprint density at radius 3 is 3.00 bits per heavy atom. The Hall–Kier alpha value is -1.03. The first-order valence-corrected chi connectivity index (χ1v) is 5.54. The van der Waals surface area contributed by atoms with Crippen LogP contribution in [0, 0.1) is 6.92 Å². The highest BCUT2D eigenvalue weighted by molar-refractivity contribution is 8.15. The van der Waals surface area contributed by atoms with Gasteiger partial charge in [0.1, 0.15) is 5.82 Å². The van der Waals surface area contributed by atoms with Crippen LogP contribution < -0.4 is 5.32 Å². The maximum absolute atomic E-state index is 4.37. The second-order valence-corrected chi connectivity index (χ2v) is 4.79. The Kier molecular flexibility index (Phi) is 2.72. The topological polar surface area (TPSA) is 37.3 Å². The molecule has 14 heavy (non-hydrogen) atoms. The van der Waals surface area contributed by atoms with Crippen molar-refractivity contribution in [3.05, 3.63) is 23.9 Å². The monoisotopic (exact) mass is 207 g/mol. The van der Waals surface area contributed by atoms with Crippen LogP contribution in [-0.2, 0) is 0 Å². The number of anilines is 1. The van der Waals surface area contributed by atoms with Crippen LogP contribution in [0.15, 0.2) is 23.2 Å². The third kappa shape index (κ3) is 2.26. The predicted molar refractivity (Wildman–Crippen MR) is 62.0 cm³/mol. The summed E-state index contributed by atoms with van der Waals surface area (Å²) in [6.45, 7) is 5.06. The fourth-order valence-electron chi connectivity index (χ4n) is 1.27. The lowest BCUT2D eigenvalue weighted by Gasteiger charge is -2.05. The molecule has 0 aliphatic carbocycles. The molecule has 0 radical (unpaired) electrons. The number of aryl methyl sites for hydroxylation is 1. The van der Waals surface area contributed by atoms with Crippen molar-refractivity contribution in [2.75, 3.05) is 11.9 Å². The lowest BCUT2D eigenvalue weighted by molar-refractivity contribution is 0.976. The van der Waals surface area contributed by atoms with Gasteiger partial charge in [-0.1, -0.05) is 24.8 Å². The van der Waals surface area contributed by atoms with Crippen LogP contribution in [0.1, 0.15) is 12.6 Å². The van der Waals surface area contributed by atoms with Gasteiger partial charge in [-0.2, -0.15) is 0 Å². The number of aliphatic imine (C=N–C) groups is 1. The molecule has 3 nitrogen and oxygen atoms in total. The number of pyridine rings is 1. The van der Waals surface area contributed by atoms with E-state index in [-0.39, 0.29) is 0 Å². The molecule has 0 amide bonds. The summed E-state index contributed by atoms with van der Waals surface area (Å²) in [5, 5.41) is 4.78. The van der Waals surface area contributed by atoms with Crippen molar-refractivity contribution in [2.24, 2.45) is 4.99 Å². The second-order valence-electron chi connectivity index (χ2n) is 3.36. The van der Waals surface area contributed by atoms with Gasteiger partial charge >= 0.3 is 0 Å². The summed E-state index contributed by atoms with van der Waals surface area (Å²) < 4.78 is 0. The molecule has 0 fully saturated rings. The van der Waals surface area contributed by atoms with Crippen molar-refractivity contribution < 1.29 is 0 Å². The van der Waals surface area contributed by atoms with Gasteiger partial charge in [0.25, 0.3) is 0 Å². The van der Waals surface area contributed by atoms with E-state index in [0.29, 0.717) is 5.25 Å². The van der Waals surface area contributed by atoms with E-state index < -0.39 is 0 Å². The van der Waals surface area contributed by atoms with Gasteiger partial charge in [0.15, 0.2) is 5.17 Å². The molecule has 0 saturated heterocycles. The highest BCUT2D eigenvalue weighted by Gasteiger charge is 2.14. The minimum atomic E-state index is 0.585. The van der Waals surface area contributed by atoms with E-state index in [1.54, 1.807) is 11.8 Å². The van der Waals surface area contributed by atoms with Crippen molar-refractivity contribution in [1.29, 1.82) is 0 Å². The Labute approximate surface area is 88.0 Å². The molecule has 0 unspecified atom stereocenters. The first-order chi connectivity index (χ1) is 6.74. The molecule has 2 heterocycles. The van der Waals surface area contributed by atoms with Crippen molar-refractivity contribution >= 4 is 22.7 Å². The van der Waals surface area contributed by atoms with Gasteiger partial charge in [-0.3, -0.25) is 4.99 Å². The number of aromatic nitrogens is 1. The lowest BCUT2D eigenvalue weighted by atomic mass is 10.4. The average Bonchev–Trinajstić information content (AvgIpc) is 2.51. The molecule has 1 aromatic heterocycles. The largest absolute Gasteiger partial charge is 0.320 e. The Balaban J connectivity index is 2.04. The van der Waals surface area contributed by atoms with Crippen molar-refractivity contribution in [2.45, 2.75) is 19.1 Å². The van der Waals surface area contributed by atoms with Crippen LogP contribution in [0.5, 0.6) is 0 Å². The normalized spacial score (nSPS) is 20.7. The van der Waals surface area contributed by atoms with E-state index in [4.69, 9.17) is 0 Å². The molecule has 0 aromatic carbocycles. The van der Waals surface area contributed by atoms with E-state index in [1.165, 1.54) is 0 Å². The van der Waals surface area contributed by atoms with Gasteiger partial charge in [-0.25, -0.2) is 4.98 Å². The fraction of sp³-hybridized carbons (Fsp3) is 0.400. The summed E-state index contributed by atoms with van der Waals surface area (Å²) >= 11 is 1.77. The molecule has 0 spiro atoms. The third-order valence-corrected chi connectivity index (χ3v) is 2.93. The van der Waals surface area contributed by atoms with Gasteiger partial charge in [-0.05, 0) is 19.1 Å². The first-order valence-electron chi connectivity index (χ1n) is 4.66. The molecular formula is C10H13N3S.